The number of para-hydroxylation sites is 1. The molecule has 23 heavy (non-hydrogen) atoms. The van der Waals surface area contributed by atoms with Crippen molar-refractivity contribution in [2.24, 2.45) is 5.73 Å². The summed E-state index contributed by atoms with van der Waals surface area (Å²) in [5.74, 6) is 1.40. The first-order chi connectivity index (χ1) is 11.2. The first kappa shape index (κ1) is 14.8. The molecular formula is C17H17N5O. The standard InChI is InChI=1S/C17H17N5O/c18-17(23)20-11-10-19-16-13-8-4-5-9-14(13)21-15(22-16)12-6-2-1-3-7-12/h1-9H,10-11H2,(H3,18,20,23)(H,19,21,22). The van der Waals surface area contributed by atoms with Gasteiger partial charge in [-0.3, -0.25) is 0 Å². The molecule has 0 aliphatic carbocycles. The zero-order valence-electron chi connectivity index (χ0n) is 12.5. The molecule has 0 bridgehead atoms. The minimum Gasteiger partial charge on any atom is -0.368 e. The van der Waals surface area contributed by atoms with Gasteiger partial charge in [0.15, 0.2) is 5.82 Å². The lowest BCUT2D eigenvalue weighted by Gasteiger charge is -2.11. The van der Waals surface area contributed by atoms with Crippen molar-refractivity contribution in [1.29, 1.82) is 0 Å². The number of rotatable bonds is 5. The third-order valence-electron chi connectivity index (χ3n) is 3.35. The van der Waals surface area contributed by atoms with Crippen molar-refractivity contribution < 1.29 is 4.79 Å². The Bertz CT molecular complexity index is 820. The summed E-state index contributed by atoms with van der Waals surface area (Å²) >= 11 is 0. The van der Waals surface area contributed by atoms with E-state index in [1.807, 2.05) is 54.6 Å². The molecule has 0 fully saturated rings. The van der Waals surface area contributed by atoms with Crippen molar-refractivity contribution in [1.82, 2.24) is 15.3 Å². The predicted octanol–water partition coefficient (Wildman–Crippen LogP) is 2.38. The minimum atomic E-state index is -0.538. The molecule has 6 nitrogen and oxygen atoms in total. The number of nitrogens with zero attached hydrogens (tertiary/aromatic N) is 2. The predicted molar refractivity (Wildman–Crippen MR) is 91.0 cm³/mol. The zero-order chi connectivity index (χ0) is 16.1. The van der Waals surface area contributed by atoms with Crippen LogP contribution < -0.4 is 16.4 Å². The quantitative estimate of drug-likeness (QED) is 0.631. The highest BCUT2D eigenvalue weighted by Gasteiger charge is 2.08. The van der Waals surface area contributed by atoms with Gasteiger partial charge in [-0.1, -0.05) is 42.5 Å². The fraction of sp³-hybridized carbons (Fsp3) is 0.118. The molecule has 0 aliphatic rings. The molecule has 2 aromatic carbocycles. The number of carbonyl (C=O) groups is 1. The molecule has 0 radical (unpaired) electrons. The van der Waals surface area contributed by atoms with Crippen LogP contribution in [0.5, 0.6) is 0 Å². The number of nitrogens with one attached hydrogen (secondary N) is 2. The van der Waals surface area contributed by atoms with Crippen LogP contribution in [0.4, 0.5) is 10.6 Å². The molecule has 116 valence electrons. The Hall–Kier alpha value is -3.15. The van der Waals surface area contributed by atoms with Crippen molar-refractivity contribution in [3.8, 4) is 11.4 Å². The van der Waals surface area contributed by atoms with Crippen molar-refractivity contribution in [3.05, 3.63) is 54.6 Å². The zero-order valence-corrected chi connectivity index (χ0v) is 12.5. The Labute approximate surface area is 133 Å². The van der Waals surface area contributed by atoms with E-state index in [2.05, 4.69) is 20.6 Å². The van der Waals surface area contributed by atoms with Gasteiger partial charge in [0.1, 0.15) is 5.82 Å². The smallest absolute Gasteiger partial charge is 0.312 e. The van der Waals surface area contributed by atoms with Gasteiger partial charge in [0.05, 0.1) is 5.52 Å². The van der Waals surface area contributed by atoms with Crippen LogP contribution in [0, 0.1) is 0 Å². The number of carbonyl (C=O) groups excluding carboxylic acids is 1. The van der Waals surface area contributed by atoms with Crippen molar-refractivity contribution in [3.63, 3.8) is 0 Å². The second kappa shape index (κ2) is 6.74. The molecule has 0 unspecified atom stereocenters. The fourth-order valence-electron chi connectivity index (χ4n) is 2.29. The second-order valence-corrected chi connectivity index (χ2v) is 5.00. The highest BCUT2D eigenvalue weighted by atomic mass is 16.2. The SMILES string of the molecule is NC(=O)NCCNc1nc(-c2ccccc2)nc2ccccc12. The minimum absolute atomic E-state index is 0.425. The van der Waals surface area contributed by atoms with E-state index >= 15 is 0 Å². The van der Waals surface area contributed by atoms with Crippen molar-refractivity contribution >= 4 is 22.8 Å². The van der Waals surface area contributed by atoms with Gasteiger partial charge in [-0.2, -0.15) is 0 Å². The summed E-state index contributed by atoms with van der Waals surface area (Å²) in [6, 6.07) is 17.1. The van der Waals surface area contributed by atoms with Gasteiger partial charge in [-0.05, 0) is 12.1 Å². The number of hydrogen-bond acceptors (Lipinski definition) is 4. The normalized spacial score (nSPS) is 10.4. The van der Waals surface area contributed by atoms with E-state index in [4.69, 9.17) is 5.73 Å². The highest BCUT2D eigenvalue weighted by Crippen LogP contribution is 2.24. The Morgan fingerprint density at radius 1 is 0.957 bits per heavy atom. The van der Waals surface area contributed by atoms with Crippen LogP contribution in [-0.2, 0) is 0 Å². The first-order valence-electron chi connectivity index (χ1n) is 7.33. The second-order valence-electron chi connectivity index (χ2n) is 5.00. The monoisotopic (exact) mass is 307 g/mol. The number of nitrogens with two attached hydrogens (primary N) is 1. The van der Waals surface area contributed by atoms with Crippen LogP contribution in [0.3, 0.4) is 0 Å². The van der Waals surface area contributed by atoms with Crippen molar-refractivity contribution in [2.45, 2.75) is 0 Å². The molecule has 2 amide bonds. The average Bonchev–Trinajstić information content (AvgIpc) is 2.59. The molecule has 4 N–H and O–H groups in total. The summed E-state index contributed by atoms with van der Waals surface area (Å²) < 4.78 is 0. The molecule has 0 aliphatic heterocycles. The van der Waals surface area contributed by atoms with Gasteiger partial charge in [0, 0.05) is 24.0 Å². The molecule has 0 atom stereocenters. The third kappa shape index (κ3) is 3.55. The molecule has 0 spiro atoms. The van der Waals surface area contributed by atoms with Gasteiger partial charge < -0.3 is 16.4 Å². The summed E-state index contributed by atoms with van der Waals surface area (Å²) in [5, 5.41) is 6.71. The maximum Gasteiger partial charge on any atom is 0.312 e. The Morgan fingerprint density at radius 2 is 1.70 bits per heavy atom. The van der Waals surface area contributed by atoms with Gasteiger partial charge in [0.2, 0.25) is 0 Å². The fourth-order valence-corrected chi connectivity index (χ4v) is 2.29. The van der Waals surface area contributed by atoms with E-state index in [1.165, 1.54) is 0 Å². The summed E-state index contributed by atoms with van der Waals surface area (Å²) in [6.45, 7) is 0.951. The largest absolute Gasteiger partial charge is 0.368 e. The van der Waals surface area contributed by atoms with Gasteiger partial charge >= 0.3 is 6.03 Å². The van der Waals surface area contributed by atoms with E-state index in [-0.39, 0.29) is 0 Å². The lowest BCUT2D eigenvalue weighted by Crippen LogP contribution is -2.33. The van der Waals surface area contributed by atoms with E-state index < -0.39 is 6.03 Å². The van der Waals surface area contributed by atoms with Crippen LogP contribution >= 0.6 is 0 Å². The molecule has 6 heteroatoms. The van der Waals surface area contributed by atoms with E-state index in [0.717, 1.165) is 22.3 Å². The van der Waals surface area contributed by atoms with Gasteiger partial charge in [-0.15, -0.1) is 0 Å². The third-order valence-corrected chi connectivity index (χ3v) is 3.35. The molecular weight excluding hydrogens is 290 g/mol. The van der Waals surface area contributed by atoms with Crippen LogP contribution in [0.15, 0.2) is 54.6 Å². The van der Waals surface area contributed by atoms with Gasteiger partial charge in [-0.25, -0.2) is 14.8 Å². The topological polar surface area (TPSA) is 92.9 Å². The average molecular weight is 307 g/mol. The first-order valence-corrected chi connectivity index (χ1v) is 7.33. The Balaban J connectivity index is 1.93. The Kier molecular flexibility index (Phi) is 4.33. The molecule has 1 aromatic heterocycles. The number of amides is 2. The van der Waals surface area contributed by atoms with E-state index in [0.29, 0.717) is 18.9 Å². The van der Waals surface area contributed by atoms with Crippen LogP contribution in [-0.4, -0.2) is 29.1 Å². The molecule has 0 saturated carbocycles. The number of anilines is 1. The van der Waals surface area contributed by atoms with Crippen LogP contribution in [0.1, 0.15) is 0 Å². The van der Waals surface area contributed by atoms with E-state index in [1.54, 1.807) is 0 Å². The summed E-state index contributed by atoms with van der Waals surface area (Å²) in [4.78, 5) is 20.0. The maximum absolute atomic E-state index is 10.7. The lowest BCUT2D eigenvalue weighted by atomic mass is 10.2. The molecule has 3 aromatic rings. The van der Waals surface area contributed by atoms with Crippen LogP contribution in [0.2, 0.25) is 0 Å². The van der Waals surface area contributed by atoms with E-state index in [9.17, 15) is 4.79 Å². The maximum atomic E-state index is 10.7. The number of urea groups is 1. The highest BCUT2D eigenvalue weighted by molar-refractivity contribution is 5.90. The van der Waals surface area contributed by atoms with Gasteiger partial charge in [0.25, 0.3) is 0 Å². The van der Waals surface area contributed by atoms with Crippen LogP contribution in [0.25, 0.3) is 22.3 Å². The number of benzene rings is 2. The van der Waals surface area contributed by atoms with Crippen molar-refractivity contribution in [2.75, 3.05) is 18.4 Å². The summed E-state index contributed by atoms with van der Waals surface area (Å²) in [5.41, 5.74) is 6.88. The number of aromatic nitrogens is 2. The number of hydrogen-bond donors (Lipinski definition) is 3. The number of fused-ring (bicyclic) bond motifs is 1. The summed E-state index contributed by atoms with van der Waals surface area (Å²) in [7, 11) is 0. The molecule has 0 saturated heterocycles. The molecule has 3 rings (SSSR count). The molecule has 1 heterocycles. The lowest BCUT2D eigenvalue weighted by molar-refractivity contribution is 0.249. The Morgan fingerprint density at radius 3 is 2.48 bits per heavy atom. The summed E-state index contributed by atoms with van der Waals surface area (Å²) in [6.07, 6.45) is 0. The number of primary amides is 1.